The van der Waals surface area contributed by atoms with Crippen LogP contribution in [0.4, 0.5) is 0 Å². The molecule has 0 aliphatic carbocycles. The Morgan fingerprint density at radius 3 is 2.53 bits per heavy atom. The molecular formula is C13H17NO. The summed E-state index contributed by atoms with van der Waals surface area (Å²) >= 11 is 0. The van der Waals surface area contributed by atoms with E-state index in [1.165, 1.54) is 16.5 Å². The maximum absolute atomic E-state index is 5.96. The van der Waals surface area contributed by atoms with E-state index in [1.54, 1.807) is 0 Å². The van der Waals surface area contributed by atoms with Crippen molar-refractivity contribution in [1.82, 2.24) is 0 Å². The van der Waals surface area contributed by atoms with Crippen molar-refractivity contribution in [2.75, 3.05) is 0 Å². The molecule has 0 bridgehead atoms. The molecule has 2 heteroatoms. The maximum atomic E-state index is 5.96. The van der Waals surface area contributed by atoms with Crippen molar-refractivity contribution < 1.29 is 4.42 Å². The fourth-order valence-electron chi connectivity index (χ4n) is 1.80. The molecule has 2 nitrogen and oxygen atoms in total. The van der Waals surface area contributed by atoms with Crippen molar-refractivity contribution in [3.05, 3.63) is 35.1 Å². The van der Waals surface area contributed by atoms with Gasteiger partial charge in [-0.3, -0.25) is 0 Å². The minimum absolute atomic E-state index is 0.0104. The van der Waals surface area contributed by atoms with Gasteiger partial charge in [0.15, 0.2) is 0 Å². The Kier molecular flexibility index (Phi) is 2.53. The lowest BCUT2D eigenvalue weighted by Crippen LogP contribution is -2.06. The predicted octanol–water partition coefficient (Wildman–Crippen LogP) is 3.46. The van der Waals surface area contributed by atoms with Gasteiger partial charge < -0.3 is 10.2 Å². The first-order chi connectivity index (χ1) is 7.13. The topological polar surface area (TPSA) is 39.2 Å². The van der Waals surface area contributed by atoms with Gasteiger partial charge in [0.25, 0.3) is 0 Å². The van der Waals surface area contributed by atoms with Gasteiger partial charge in [-0.25, -0.2) is 0 Å². The lowest BCUT2D eigenvalue weighted by atomic mass is 10.1. The first kappa shape index (κ1) is 10.2. The maximum Gasteiger partial charge on any atom is 0.137 e. The standard InChI is InChI=1S/C13H17NO/c1-4-11(14)12-7-10-8(2)5-6-9(3)13(10)15-12/h5-7,11H,4,14H2,1-3H3. The zero-order chi connectivity index (χ0) is 11.0. The fourth-order valence-corrected chi connectivity index (χ4v) is 1.80. The van der Waals surface area contributed by atoms with E-state index in [4.69, 9.17) is 10.2 Å². The largest absolute Gasteiger partial charge is 0.459 e. The molecular weight excluding hydrogens is 186 g/mol. The summed E-state index contributed by atoms with van der Waals surface area (Å²) in [6.07, 6.45) is 0.901. The second-order valence-corrected chi connectivity index (χ2v) is 4.11. The average molecular weight is 203 g/mol. The number of hydrogen-bond donors (Lipinski definition) is 1. The van der Waals surface area contributed by atoms with Crippen molar-refractivity contribution in [2.24, 2.45) is 5.73 Å². The summed E-state index contributed by atoms with van der Waals surface area (Å²) in [5, 5.41) is 1.19. The smallest absolute Gasteiger partial charge is 0.137 e. The van der Waals surface area contributed by atoms with Crippen LogP contribution >= 0.6 is 0 Å². The van der Waals surface area contributed by atoms with Crippen molar-refractivity contribution in [3.8, 4) is 0 Å². The van der Waals surface area contributed by atoms with Crippen LogP contribution in [0, 0.1) is 13.8 Å². The zero-order valence-corrected chi connectivity index (χ0v) is 9.50. The molecule has 2 rings (SSSR count). The molecule has 0 spiro atoms. The van der Waals surface area contributed by atoms with Gasteiger partial charge in [0.2, 0.25) is 0 Å². The first-order valence-electron chi connectivity index (χ1n) is 5.38. The molecule has 0 aliphatic heterocycles. The van der Waals surface area contributed by atoms with Gasteiger partial charge in [0.1, 0.15) is 11.3 Å². The number of hydrogen-bond acceptors (Lipinski definition) is 2. The van der Waals surface area contributed by atoms with Crippen LogP contribution in [0.2, 0.25) is 0 Å². The van der Waals surface area contributed by atoms with Crippen LogP contribution in [-0.2, 0) is 0 Å². The minimum atomic E-state index is 0.0104. The van der Waals surface area contributed by atoms with Crippen LogP contribution in [0.15, 0.2) is 22.6 Å². The quantitative estimate of drug-likeness (QED) is 0.811. The normalized spacial score (nSPS) is 13.3. The van der Waals surface area contributed by atoms with Crippen molar-refractivity contribution >= 4 is 11.0 Å². The average Bonchev–Trinajstić information content (AvgIpc) is 2.68. The Balaban J connectivity index is 2.64. The summed E-state index contributed by atoms with van der Waals surface area (Å²) in [6, 6.07) is 6.29. The molecule has 0 radical (unpaired) electrons. The van der Waals surface area contributed by atoms with Gasteiger partial charge in [-0.05, 0) is 37.5 Å². The van der Waals surface area contributed by atoms with Gasteiger partial charge in [0.05, 0.1) is 6.04 Å². The monoisotopic (exact) mass is 203 g/mol. The van der Waals surface area contributed by atoms with Crippen LogP contribution in [0.5, 0.6) is 0 Å². The summed E-state index contributed by atoms with van der Waals surface area (Å²) in [6.45, 7) is 6.22. The Labute approximate surface area is 90.1 Å². The second kappa shape index (κ2) is 3.70. The SMILES string of the molecule is CCC(N)c1cc2c(C)ccc(C)c2o1. The van der Waals surface area contributed by atoms with E-state index in [0.29, 0.717) is 0 Å². The number of fused-ring (bicyclic) bond motifs is 1. The van der Waals surface area contributed by atoms with Crippen LogP contribution in [-0.4, -0.2) is 0 Å². The van der Waals surface area contributed by atoms with Crippen LogP contribution in [0.1, 0.15) is 36.3 Å². The van der Waals surface area contributed by atoms with E-state index >= 15 is 0 Å². The van der Waals surface area contributed by atoms with Crippen molar-refractivity contribution in [2.45, 2.75) is 33.2 Å². The molecule has 2 aromatic rings. The van der Waals surface area contributed by atoms with Crippen molar-refractivity contribution in [3.63, 3.8) is 0 Å². The summed E-state index contributed by atoms with van der Waals surface area (Å²) in [7, 11) is 0. The number of nitrogens with two attached hydrogens (primary N) is 1. The highest BCUT2D eigenvalue weighted by Crippen LogP contribution is 2.28. The number of aryl methyl sites for hydroxylation is 2. The predicted molar refractivity (Wildman–Crippen MR) is 62.9 cm³/mol. The number of rotatable bonds is 2. The number of furan rings is 1. The Hall–Kier alpha value is -1.28. The molecule has 1 heterocycles. The highest BCUT2D eigenvalue weighted by atomic mass is 16.3. The molecule has 0 saturated carbocycles. The minimum Gasteiger partial charge on any atom is -0.459 e. The molecule has 0 saturated heterocycles. The van der Waals surface area contributed by atoms with Crippen LogP contribution in [0.3, 0.4) is 0 Å². The summed E-state index contributed by atoms with van der Waals surface area (Å²) in [4.78, 5) is 0. The van der Waals surface area contributed by atoms with Gasteiger partial charge >= 0.3 is 0 Å². The lowest BCUT2D eigenvalue weighted by molar-refractivity contribution is 0.487. The van der Waals surface area contributed by atoms with Crippen LogP contribution in [0.25, 0.3) is 11.0 Å². The molecule has 1 atom stereocenters. The molecule has 0 aliphatic rings. The third-order valence-corrected chi connectivity index (χ3v) is 2.92. The van der Waals surface area contributed by atoms with Gasteiger partial charge in [0, 0.05) is 5.39 Å². The van der Waals surface area contributed by atoms with E-state index in [0.717, 1.165) is 17.8 Å². The summed E-state index contributed by atoms with van der Waals surface area (Å²) in [5.74, 6) is 0.893. The van der Waals surface area contributed by atoms with Gasteiger partial charge in [-0.15, -0.1) is 0 Å². The highest BCUT2D eigenvalue weighted by Gasteiger charge is 2.12. The van der Waals surface area contributed by atoms with E-state index < -0.39 is 0 Å². The Morgan fingerprint density at radius 2 is 1.93 bits per heavy atom. The molecule has 2 N–H and O–H groups in total. The first-order valence-corrected chi connectivity index (χ1v) is 5.38. The Bertz CT molecular complexity index is 445. The molecule has 0 amide bonds. The molecule has 1 aromatic heterocycles. The van der Waals surface area contributed by atoms with E-state index in [2.05, 4.69) is 39.0 Å². The molecule has 15 heavy (non-hydrogen) atoms. The van der Waals surface area contributed by atoms with E-state index in [-0.39, 0.29) is 6.04 Å². The third-order valence-electron chi connectivity index (χ3n) is 2.92. The molecule has 1 unspecified atom stereocenters. The van der Waals surface area contributed by atoms with E-state index in [1.807, 2.05) is 0 Å². The number of benzene rings is 1. The summed E-state index contributed by atoms with van der Waals surface area (Å²) in [5.41, 5.74) is 9.36. The fraction of sp³-hybridized carbons (Fsp3) is 0.385. The molecule has 1 aromatic carbocycles. The van der Waals surface area contributed by atoms with Crippen molar-refractivity contribution in [1.29, 1.82) is 0 Å². The zero-order valence-electron chi connectivity index (χ0n) is 9.50. The van der Waals surface area contributed by atoms with E-state index in [9.17, 15) is 0 Å². The summed E-state index contributed by atoms with van der Waals surface area (Å²) < 4.78 is 5.81. The molecule has 0 fully saturated rings. The van der Waals surface area contributed by atoms with Gasteiger partial charge in [-0.1, -0.05) is 19.1 Å². The second-order valence-electron chi connectivity index (χ2n) is 4.11. The Morgan fingerprint density at radius 1 is 1.27 bits per heavy atom. The third kappa shape index (κ3) is 1.65. The highest BCUT2D eigenvalue weighted by molar-refractivity contribution is 5.84. The molecule has 80 valence electrons. The van der Waals surface area contributed by atoms with Gasteiger partial charge in [-0.2, -0.15) is 0 Å². The lowest BCUT2D eigenvalue weighted by Gasteiger charge is -2.02. The van der Waals surface area contributed by atoms with Crippen LogP contribution < -0.4 is 5.73 Å².